The third kappa shape index (κ3) is 51.4. The molecule has 0 fully saturated rings. The first kappa shape index (κ1) is 16.9. The summed E-state index contributed by atoms with van der Waals surface area (Å²) in [5.74, 6) is 0. The van der Waals surface area contributed by atoms with Gasteiger partial charge in [0.1, 0.15) is 0 Å². The topological polar surface area (TPSA) is 83.8 Å². The minimum absolute atomic E-state index is 0. The van der Waals surface area contributed by atoms with Crippen molar-refractivity contribution >= 4 is 0 Å². The average molecular weight is 305 g/mol. The van der Waals surface area contributed by atoms with E-state index in [1.807, 2.05) is 0 Å². The Labute approximate surface area is 52.3 Å². The Morgan fingerprint density at radius 2 is 1.00 bits per heavy atom. The van der Waals surface area contributed by atoms with Crippen LogP contribution in [0, 0.1) is 31.1 Å². The second-order valence-electron chi connectivity index (χ2n) is 0. The van der Waals surface area contributed by atoms with Crippen LogP contribution >= 0.6 is 0 Å². The summed E-state index contributed by atoms with van der Waals surface area (Å²) in [4.78, 5) is 0. The quantitative estimate of drug-likeness (QED) is 0.389. The number of rotatable bonds is 0. The summed E-state index contributed by atoms with van der Waals surface area (Å²) in [6, 6.07) is 0. The second kappa shape index (κ2) is 93.1. The van der Waals surface area contributed by atoms with Gasteiger partial charge >= 0.3 is 0 Å². The fourth-order valence-electron chi connectivity index (χ4n) is 0. The van der Waals surface area contributed by atoms with Crippen LogP contribution in [0.2, 0.25) is 0 Å². The molecular weight excluding hydrogens is 302 g/mol. The standard InChI is InChI=1S/2H2O2.U/c2*1-2;/h2*1-2H;/p-1. The van der Waals surface area contributed by atoms with Crippen LogP contribution in [0.4, 0.5) is 0 Å². The first-order valence-corrected chi connectivity index (χ1v) is 0.383. The van der Waals surface area contributed by atoms with E-state index in [-0.39, 0.29) is 31.1 Å². The molecular formula is H3O4U-. The van der Waals surface area contributed by atoms with Crippen molar-refractivity contribution in [2.24, 2.45) is 0 Å². The molecule has 0 heterocycles. The third-order valence-electron chi connectivity index (χ3n) is 0. The Kier molecular flexibility index (Phi) is 314. The summed E-state index contributed by atoms with van der Waals surface area (Å²) >= 11 is 0. The van der Waals surface area contributed by atoms with E-state index in [4.69, 9.17) is 21.0 Å². The fourth-order valence-corrected chi connectivity index (χ4v) is 0. The summed E-state index contributed by atoms with van der Waals surface area (Å²) in [7, 11) is 0. The van der Waals surface area contributed by atoms with Crippen LogP contribution in [0.25, 0.3) is 0 Å². The van der Waals surface area contributed by atoms with Crippen molar-refractivity contribution in [2.45, 2.75) is 0 Å². The van der Waals surface area contributed by atoms with Crippen LogP contribution in [0.15, 0.2) is 0 Å². The van der Waals surface area contributed by atoms with E-state index in [1.165, 1.54) is 0 Å². The van der Waals surface area contributed by atoms with Crippen molar-refractivity contribution in [3.63, 3.8) is 0 Å². The van der Waals surface area contributed by atoms with Crippen LogP contribution in [0.1, 0.15) is 0 Å². The maximum Gasteiger partial charge on any atom is 0 e. The Morgan fingerprint density at radius 3 is 1.00 bits per heavy atom. The Bertz CT molecular complexity index is 3.61. The van der Waals surface area contributed by atoms with Gasteiger partial charge in [-0.2, -0.15) is 0 Å². The summed E-state index contributed by atoms with van der Waals surface area (Å²) < 4.78 is 0. The second-order valence-corrected chi connectivity index (χ2v) is 0. The van der Waals surface area contributed by atoms with Crippen molar-refractivity contribution in [3.05, 3.63) is 0 Å². The molecule has 5 heavy (non-hydrogen) atoms. The van der Waals surface area contributed by atoms with Crippen molar-refractivity contribution in [1.29, 1.82) is 0 Å². The molecule has 0 aliphatic heterocycles. The number of hydrogen-bond acceptors (Lipinski definition) is 4. The monoisotopic (exact) mass is 305 g/mol. The molecule has 0 bridgehead atoms. The Hall–Kier alpha value is 0.892. The first-order valence-electron chi connectivity index (χ1n) is 0.383. The normalized spacial score (nSPS) is 2.40. The SMILES string of the molecule is OO.[O-]O.[U]. The molecule has 0 aliphatic carbocycles. The van der Waals surface area contributed by atoms with Gasteiger partial charge in [0, 0.05) is 31.1 Å². The molecule has 0 unspecified atom stereocenters. The van der Waals surface area contributed by atoms with Gasteiger partial charge in [-0.25, -0.2) is 0 Å². The van der Waals surface area contributed by atoms with Gasteiger partial charge < -0.3 is 10.5 Å². The minimum atomic E-state index is 0. The maximum atomic E-state index is 7.25. The molecule has 32 valence electrons. The van der Waals surface area contributed by atoms with E-state index in [1.54, 1.807) is 0 Å². The van der Waals surface area contributed by atoms with Gasteiger partial charge in [-0.1, -0.05) is 0 Å². The maximum absolute atomic E-state index is 7.25. The molecule has 0 atom stereocenters. The van der Waals surface area contributed by atoms with Crippen LogP contribution < -0.4 is 5.26 Å². The molecule has 0 rings (SSSR count). The largest absolute Gasteiger partial charge is 0.727 e. The first-order chi connectivity index (χ1) is 2.00. The average Bonchev–Trinajstić information content (AvgIpc) is 1.50. The molecule has 0 saturated heterocycles. The summed E-state index contributed by atoms with van der Waals surface area (Å²) in [5.41, 5.74) is 0. The molecule has 0 amide bonds. The van der Waals surface area contributed by atoms with Crippen molar-refractivity contribution in [3.8, 4) is 0 Å². The van der Waals surface area contributed by atoms with Gasteiger partial charge in [-0.05, 0) is 0 Å². The van der Waals surface area contributed by atoms with E-state index in [9.17, 15) is 0 Å². The predicted octanol–water partition coefficient (Wildman–Crippen LogP) is -1.16. The van der Waals surface area contributed by atoms with E-state index >= 15 is 0 Å². The van der Waals surface area contributed by atoms with E-state index < -0.39 is 0 Å². The van der Waals surface area contributed by atoms with E-state index in [2.05, 4.69) is 0 Å². The summed E-state index contributed by atoms with van der Waals surface area (Å²) in [5, 5.41) is 25.0. The van der Waals surface area contributed by atoms with Crippen LogP contribution in [-0.2, 0) is 0 Å². The molecule has 0 saturated carbocycles. The van der Waals surface area contributed by atoms with Crippen molar-refractivity contribution < 1.29 is 52.1 Å². The molecule has 4 nitrogen and oxygen atoms in total. The molecule has 0 aromatic rings. The van der Waals surface area contributed by atoms with Gasteiger partial charge in [0.05, 0.1) is 0 Å². The van der Waals surface area contributed by atoms with Crippen LogP contribution in [0.3, 0.4) is 0 Å². The van der Waals surface area contributed by atoms with Gasteiger partial charge in [-0.15, -0.1) is 0 Å². The zero-order chi connectivity index (χ0) is 4.00. The van der Waals surface area contributed by atoms with Gasteiger partial charge in [-0.3, -0.25) is 10.5 Å². The smallest absolute Gasteiger partial charge is 0 e. The van der Waals surface area contributed by atoms with Crippen molar-refractivity contribution in [1.82, 2.24) is 0 Å². The van der Waals surface area contributed by atoms with Gasteiger partial charge in [0.25, 0.3) is 0 Å². The number of hydrogen-bond donors (Lipinski definition) is 3. The molecule has 5 heteroatoms. The fraction of sp³-hybridized carbons (Fsp3) is 0. The Balaban J connectivity index is -0.0000000133. The predicted molar refractivity (Wildman–Crippen MR) is 7.89 cm³/mol. The minimum Gasteiger partial charge on any atom is -0.727 e. The van der Waals surface area contributed by atoms with E-state index in [0.29, 0.717) is 0 Å². The van der Waals surface area contributed by atoms with Gasteiger partial charge in [0.15, 0.2) is 0 Å². The molecule has 0 aliphatic rings. The summed E-state index contributed by atoms with van der Waals surface area (Å²) in [6.45, 7) is 0. The summed E-state index contributed by atoms with van der Waals surface area (Å²) in [6.07, 6.45) is 0. The van der Waals surface area contributed by atoms with Crippen LogP contribution in [0.5, 0.6) is 0 Å². The zero-order valence-electron chi connectivity index (χ0n) is 2.25. The van der Waals surface area contributed by atoms with Crippen LogP contribution in [-0.4, -0.2) is 15.8 Å². The third-order valence-corrected chi connectivity index (χ3v) is 0. The molecule has 3 N–H and O–H groups in total. The molecule has 0 aromatic heterocycles. The van der Waals surface area contributed by atoms with Crippen molar-refractivity contribution in [2.75, 3.05) is 0 Å². The molecule has 0 aromatic carbocycles. The zero-order valence-corrected chi connectivity index (χ0v) is 6.41. The Morgan fingerprint density at radius 1 is 1.00 bits per heavy atom. The van der Waals surface area contributed by atoms with Gasteiger partial charge in [0.2, 0.25) is 0 Å². The van der Waals surface area contributed by atoms with E-state index in [0.717, 1.165) is 0 Å². The molecule has 0 spiro atoms. The molecule has 0 radical (unpaired) electrons.